The summed E-state index contributed by atoms with van der Waals surface area (Å²) in [6.45, 7) is 0. The van der Waals surface area contributed by atoms with Crippen LogP contribution in [-0.2, 0) is 0 Å². The lowest BCUT2D eigenvalue weighted by atomic mass is 10.1. The molecule has 0 amide bonds. The monoisotopic (exact) mass is 278 g/mol. The Morgan fingerprint density at radius 2 is 1.43 bits per heavy atom. The molecule has 6 heteroatoms. The fourth-order valence-corrected chi connectivity index (χ4v) is 1.90. The molecule has 0 radical (unpaired) electrons. The third kappa shape index (κ3) is 2.74. The van der Waals surface area contributed by atoms with Crippen LogP contribution in [0, 0.1) is 10.1 Å². The predicted molar refractivity (Wildman–Crippen MR) is 77.4 cm³/mol. The largest absolute Gasteiger partial charge is 0.269 e. The van der Waals surface area contributed by atoms with Gasteiger partial charge in [0.25, 0.3) is 5.69 Å². The van der Waals surface area contributed by atoms with Crippen LogP contribution < -0.4 is 0 Å². The zero-order chi connectivity index (χ0) is 14.7. The Balaban J connectivity index is 1.89. The van der Waals surface area contributed by atoms with Gasteiger partial charge in [0.1, 0.15) is 0 Å². The van der Waals surface area contributed by atoms with Gasteiger partial charge in [-0.3, -0.25) is 15.1 Å². The standard InChI is InChI=1S/C15H10N4O2/c20-19(21)14-3-1-12(2-4-14)15-17-9-13(10-18-15)11-5-7-16-8-6-11/h1-10H. The van der Waals surface area contributed by atoms with Crippen molar-refractivity contribution in [3.63, 3.8) is 0 Å². The lowest BCUT2D eigenvalue weighted by Crippen LogP contribution is -1.91. The summed E-state index contributed by atoms with van der Waals surface area (Å²) in [5, 5.41) is 10.6. The van der Waals surface area contributed by atoms with Crippen molar-refractivity contribution in [2.75, 3.05) is 0 Å². The van der Waals surface area contributed by atoms with Gasteiger partial charge in [0.05, 0.1) is 4.92 Å². The fraction of sp³-hybridized carbons (Fsp3) is 0. The smallest absolute Gasteiger partial charge is 0.265 e. The fourth-order valence-electron chi connectivity index (χ4n) is 1.90. The molecule has 1 aromatic carbocycles. The van der Waals surface area contributed by atoms with Crippen LogP contribution in [0.2, 0.25) is 0 Å². The molecule has 3 rings (SSSR count). The second-order valence-electron chi connectivity index (χ2n) is 4.34. The predicted octanol–water partition coefficient (Wildman–Crippen LogP) is 3.11. The van der Waals surface area contributed by atoms with Gasteiger partial charge in [-0.2, -0.15) is 0 Å². The van der Waals surface area contributed by atoms with E-state index in [-0.39, 0.29) is 5.69 Å². The van der Waals surface area contributed by atoms with E-state index >= 15 is 0 Å². The molecule has 0 fully saturated rings. The average molecular weight is 278 g/mol. The highest BCUT2D eigenvalue weighted by atomic mass is 16.6. The lowest BCUT2D eigenvalue weighted by molar-refractivity contribution is -0.384. The molecule has 0 saturated heterocycles. The van der Waals surface area contributed by atoms with E-state index < -0.39 is 4.92 Å². The molecule has 0 saturated carbocycles. The first-order valence-electron chi connectivity index (χ1n) is 6.21. The first-order valence-corrected chi connectivity index (χ1v) is 6.21. The molecule has 0 unspecified atom stereocenters. The van der Waals surface area contributed by atoms with Gasteiger partial charge in [0.15, 0.2) is 5.82 Å². The molecule has 21 heavy (non-hydrogen) atoms. The SMILES string of the molecule is O=[N+]([O-])c1ccc(-c2ncc(-c3ccncc3)cn2)cc1. The minimum atomic E-state index is -0.433. The van der Waals surface area contributed by atoms with Crippen LogP contribution in [0.1, 0.15) is 0 Å². The van der Waals surface area contributed by atoms with Crippen LogP contribution in [0.3, 0.4) is 0 Å². The number of rotatable bonds is 3. The topological polar surface area (TPSA) is 81.8 Å². The molecule has 2 heterocycles. The summed E-state index contributed by atoms with van der Waals surface area (Å²) in [4.78, 5) is 22.7. The highest BCUT2D eigenvalue weighted by Gasteiger charge is 2.07. The Morgan fingerprint density at radius 3 is 2.00 bits per heavy atom. The summed E-state index contributed by atoms with van der Waals surface area (Å²) in [6, 6.07) is 9.92. The molecule has 3 aromatic rings. The third-order valence-electron chi connectivity index (χ3n) is 3.00. The number of nitro benzene ring substituents is 1. The quantitative estimate of drug-likeness (QED) is 0.543. The molecule has 0 bridgehead atoms. The number of non-ortho nitro benzene ring substituents is 1. The summed E-state index contributed by atoms with van der Waals surface area (Å²) in [5.74, 6) is 0.530. The summed E-state index contributed by atoms with van der Waals surface area (Å²) < 4.78 is 0. The molecule has 102 valence electrons. The second kappa shape index (κ2) is 5.46. The number of nitrogens with zero attached hydrogens (tertiary/aromatic N) is 4. The summed E-state index contributed by atoms with van der Waals surface area (Å²) in [5.41, 5.74) is 2.66. The molecule has 0 aliphatic carbocycles. The first kappa shape index (κ1) is 12.9. The van der Waals surface area contributed by atoms with E-state index in [4.69, 9.17) is 0 Å². The molecule has 2 aromatic heterocycles. The number of hydrogen-bond acceptors (Lipinski definition) is 5. The van der Waals surface area contributed by atoms with Crippen molar-refractivity contribution in [3.05, 3.63) is 71.3 Å². The van der Waals surface area contributed by atoms with Crippen molar-refractivity contribution in [2.24, 2.45) is 0 Å². The normalized spacial score (nSPS) is 10.3. The van der Waals surface area contributed by atoms with Crippen molar-refractivity contribution in [3.8, 4) is 22.5 Å². The van der Waals surface area contributed by atoms with E-state index in [2.05, 4.69) is 15.0 Å². The van der Waals surface area contributed by atoms with Crippen LogP contribution in [0.5, 0.6) is 0 Å². The molecule has 6 nitrogen and oxygen atoms in total. The maximum atomic E-state index is 10.6. The van der Waals surface area contributed by atoms with E-state index in [1.165, 1.54) is 12.1 Å². The Labute approximate surface area is 120 Å². The highest BCUT2D eigenvalue weighted by Crippen LogP contribution is 2.21. The zero-order valence-corrected chi connectivity index (χ0v) is 10.9. The second-order valence-corrected chi connectivity index (χ2v) is 4.34. The molecule has 0 aliphatic rings. The van der Waals surface area contributed by atoms with Crippen LogP contribution in [0.4, 0.5) is 5.69 Å². The molecular formula is C15H10N4O2. The van der Waals surface area contributed by atoms with Gasteiger partial charge in [-0.25, -0.2) is 9.97 Å². The van der Waals surface area contributed by atoms with E-state index in [1.54, 1.807) is 36.9 Å². The van der Waals surface area contributed by atoms with Crippen LogP contribution >= 0.6 is 0 Å². The van der Waals surface area contributed by atoms with E-state index in [0.29, 0.717) is 5.82 Å². The van der Waals surface area contributed by atoms with Crippen molar-refractivity contribution in [2.45, 2.75) is 0 Å². The van der Waals surface area contributed by atoms with Gasteiger partial charge in [0.2, 0.25) is 0 Å². The lowest BCUT2D eigenvalue weighted by Gasteiger charge is -2.02. The highest BCUT2D eigenvalue weighted by molar-refractivity contribution is 5.63. The van der Waals surface area contributed by atoms with E-state index in [1.807, 2.05) is 12.1 Å². The minimum absolute atomic E-state index is 0.0483. The summed E-state index contributed by atoms with van der Waals surface area (Å²) in [6.07, 6.45) is 6.86. The van der Waals surface area contributed by atoms with E-state index in [9.17, 15) is 10.1 Å². The molecule has 0 aliphatic heterocycles. The number of pyridine rings is 1. The van der Waals surface area contributed by atoms with E-state index in [0.717, 1.165) is 16.7 Å². The number of benzene rings is 1. The Morgan fingerprint density at radius 1 is 0.810 bits per heavy atom. The van der Waals surface area contributed by atoms with Gasteiger partial charge >= 0.3 is 0 Å². The van der Waals surface area contributed by atoms with Crippen molar-refractivity contribution in [1.82, 2.24) is 15.0 Å². The first-order chi connectivity index (χ1) is 10.2. The van der Waals surface area contributed by atoms with Crippen molar-refractivity contribution >= 4 is 5.69 Å². The van der Waals surface area contributed by atoms with Crippen molar-refractivity contribution in [1.29, 1.82) is 0 Å². The Bertz CT molecular complexity index is 756. The molecular weight excluding hydrogens is 268 g/mol. The maximum Gasteiger partial charge on any atom is 0.269 e. The average Bonchev–Trinajstić information content (AvgIpc) is 2.56. The van der Waals surface area contributed by atoms with Crippen LogP contribution in [-0.4, -0.2) is 19.9 Å². The number of aromatic nitrogens is 3. The van der Waals surface area contributed by atoms with Gasteiger partial charge in [-0.15, -0.1) is 0 Å². The third-order valence-corrected chi connectivity index (χ3v) is 3.00. The number of hydrogen-bond donors (Lipinski definition) is 0. The maximum absolute atomic E-state index is 10.6. The van der Waals surface area contributed by atoms with Gasteiger partial charge in [-0.05, 0) is 29.8 Å². The van der Waals surface area contributed by atoms with Gasteiger partial charge in [-0.1, -0.05) is 0 Å². The Kier molecular flexibility index (Phi) is 3.34. The summed E-state index contributed by atoms with van der Waals surface area (Å²) >= 11 is 0. The summed E-state index contributed by atoms with van der Waals surface area (Å²) in [7, 11) is 0. The number of nitro groups is 1. The minimum Gasteiger partial charge on any atom is -0.265 e. The molecule has 0 N–H and O–H groups in total. The Hall–Kier alpha value is -3.15. The zero-order valence-electron chi connectivity index (χ0n) is 10.9. The van der Waals surface area contributed by atoms with Gasteiger partial charge < -0.3 is 0 Å². The molecule has 0 atom stereocenters. The van der Waals surface area contributed by atoms with Crippen LogP contribution in [0.15, 0.2) is 61.2 Å². The molecule has 0 spiro atoms. The van der Waals surface area contributed by atoms with Crippen LogP contribution in [0.25, 0.3) is 22.5 Å². The van der Waals surface area contributed by atoms with Gasteiger partial charge in [0, 0.05) is 48.0 Å². The van der Waals surface area contributed by atoms with Crippen molar-refractivity contribution < 1.29 is 4.92 Å².